The Kier molecular flexibility index (Phi) is 7.52. The number of carboxylic acids is 2. The van der Waals surface area contributed by atoms with Crippen LogP contribution in [0.5, 0.6) is 0 Å². The van der Waals surface area contributed by atoms with E-state index in [4.69, 9.17) is 0 Å². The number of carboxylic acid groups (broad SMARTS) is 2. The normalized spacial score (nSPS) is 38.5. The molecule has 0 aromatic rings. The largest absolute Gasteiger partial charge is 0.481 e. The van der Waals surface area contributed by atoms with Crippen LogP contribution < -0.4 is 0 Å². The third-order valence-electron chi connectivity index (χ3n) is 10.4. The fraction of sp³-hybridized carbons (Fsp3) is 0.857. The molecule has 3 rings (SSSR count). The van der Waals surface area contributed by atoms with E-state index in [1.54, 1.807) is 0 Å². The minimum Gasteiger partial charge on any atom is -0.481 e. The zero-order valence-corrected chi connectivity index (χ0v) is 21.2. The highest BCUT2D eigenvalue weighted by molar-refractivity contribution is 5.70. The van der Waals surface area contributed by atoms with Gasteiger partial charge in [-0.25, -0.2) is 0 Å². The average Bonchev–Trinajstić information content (AvgIpc) is 3.04. The lowest BCUT2D eigenvalue weighted by atomic mass is 9.49. The van der Waals surface area contributed by atoms with Gasteiger partial charge in [0.2, 0.25) is 0 Å². The summed E-state index contributed by atoms with van der Waals surface area (Å²) in [6.45, 7) is 14.1. The summed E-state index contributed by atoms with van der Waals surface area (Å²) in [5.41, 5.74) is 1.31. The number of hydrogen-bond acceptors (Lipinski definition) is 2. The molecule has 0 spiro atoms. The molecule has 0 saturated heterocycles. The van der Waals surface area contributed by atoms with Gasteiger partial charge < -0.3 is 10.2 Å². The molecule has 3 aliphatic carbocycles. The number of allylic oxidation sites excluding steroid dienone is 2. The molecule has 0 aliphatic heterocycles. The third kappa shape index (κ3) is 4.66. The second-order valence-electron chi connectivity index (χ2n) is 12.4. The standard InChI is InChI=1S/C28H46O4/c1-17(2)18(3)7-8-19(4)22-11-12-23-21-10-9-20(15-25(29)30)28(6,16-26(31)32)24(21)13-14-27(22,23)5/h10,17-20,22-24H,7-9,11-16H2,1-6H3,(H,29,30)(H,31,32)/t18-,19+,20-,22+,23+,24+,27+,28+/m0/s1. The predicted molar refractivity (Wildman–Crippen MR) is 128 cm³/mol. The van der Waals surface area contributed by atoms with Crippen molar-refractivity contribution in [2.45, 2.75) is 99.3 Å². The van der Waals surface area contributed by atoms with Gasteiger partial charge in [0.05, 0.1) is 6.42 Å². The van der Waals surface area contributed by atoms with Gasteiger partial charge in [-0.05, 0) is 84.4 Å². The van der Waals surface area contributed by atoms with Crippen LogP contribution in [0.15, 0.2) is 11.6 Å². The molecule has 0 radical (unpaired) electrons. The van der Waals surface area contributed by atoms with Gasteiger partial charge in [-0.1, -0.05) is 66.0 Å². The van der Waals surface area contributed by atoms with Crippen molar-refractivity contribution in [3.8, 4) is 0 Å². The van der Waals surface area contributed by atoms with Crippen molar-refractivity contribution in [1.29, 1.82) is 0 Å². The van der Waals surface area contributed by atoms with Crippen molar-refractivity contribution in [2.24, 2.45) is 52.3 Å². The van der Waals surface area contributed by atoms with E-state index in [2.05, 4.69) is 47.6 Å². The van der Waals surface area contributed by atoms with Gasteiger partial charge >= 0.3 is 11.9 Å². The highest BCUT2D eigenvalue weighted by Crippen LogP contribution is 2.66. The molecule has 0 unspecified atom stereocenters. The molecule has 0 aromatic heterocycles. The van der Waals surface area contributed by atoms with E-state index in [9.17, 15) is 19.8 Å². The van der Waals surface area contributed by atoms with Gasteiger partial charge in [-0.15, -0.1) is 0 Å². The predicted octanol–water partition coefficient (Wildman–Crippen LogP) is 7.04. The second kappa shape index (κ2) is 9.50. The minimum atomic E-state index is -0.811. The molecule has 4 nitrogen and oxygen atoms in total. The zero-order valence-electron chi connectivity index (χ0n) is 21.2. The lowest BCUT2D eigenvalue weighted by Crippen LogP contribution is -2.48. The van der Waals surface area contributed by atoms with Crippen molar-refractivity contribution in [1.82, 2.24) is 0 Å². The van der Waals surface area contributed by atoms with Crippen molar-refractivity contribution in [3.63, 3.8) is 0 Å². The Morgan fingerprint density at radius 1 is 1.00 bits per heavy atom. The van der Waals surface area contributed by atoms with Crippen molar-refractivity contribution < 1.29 is 19.8 Å². The first-order valence-electron chi connectivity index (χ1n) is 13.0. The summed E-state index contributed by atoms with van der Waals surface area (Å²) < 4.78 is 0. The quantitative estimate of drug-likeness (QED) is 0.372. The summed E-state index contributed by atoms with van der Waals surface area (Å²) in [6.07, 6.45) is 10.4. The molecule has 2 fully saturated rings. The van der Waals surface area contributed by atoms with Gasteiger partial charge in [0.25, 0.3) is 0 Å². The van der Waals surface area contributed by atoms with E-state index in [0.29, 0.717) is 17.8 Å². The summed E-state index contributed by atoms with van der Waals surface area (Å²) in [7, 11) is 0. The van der Waals surface area contributed by atoms with Crippen LogP contribution in [0.1, 0.15) is 99.3 Å². The topological polar surface area (TPSA) is 74.6 Å². The number of rotatable bonds is 9. The molecule has 0 heterocycles. The first-order valence-corrected chi connectivity index (χ1v) is 13.0. The lowest BCUT2D eigenvalue weighted by Gasteiger charge is -2.55. The number of aliphatic carboxylic acids is 2. The molecule has 0 amide bonds. The Morgan fingerprint density at radius 2 is 1.69 bits per heavy atom. The van der Waals surface area contributed by atoms with Gasteiger partial charge in [-0.3, -0.25) is 9.59 Å². The Labute approximate surface area is 195 Å². The summed E-state index contributed by atoms with van der Waals surface area (Å²) >= 11 is 0. The molecule has 2 N–H and O–H groups in total. The van der Waals surface area contributed by atoms with Crippen molar-refractivity contribution in [2.75, 3.05) is 0 Å². The first-order chi connectivity index (χ1) is 14.9. The van der Waals surface area contributed by atoms with Crippen LogP contribution in [0.3, 0.4) is 0 Å². The first kappa shape index (κ1) is 25.3. The highest BCUT2D eigenvalue weighted by atomic mass is 16.4. The molecule has 8 atom stereocenters. The summed E-state index contributed by atoms with van der Waals surface area (Å²) in [4.78, 5) is 23.4. The van der Waals surface area contributed by atoms with Gasteiger partial charge in [0, 0.05) is 6.42 Å². The number of hydrogen-bond donors (Lipinski definition) is 2. The molecule has 0 bridgehead atoms. The molecule has 4 heteroatoms. The van der Waals surface area contributed by atoms with Crippen LogP contribution in [0.4, 0.5) is 0 Å². The highest BCUT2D eigenvalue weighted by Gasteiger charge is 2.58. The van der Waals surface area contributed by atoms with E-state index in [0.717, 1.165) is 36.5 Å². The van der Waals surface area contributed by atoms with Gasteiger partial charge in [0.1, 0.15) is 0 Å². The van der Waals surface area contributed by atoms with Crippen LogP contribution in [-0.4, -0.2) is 22.2 Å². The maximum Gasteiger partial charge on any atom is 0.303 e. The summed E-state index contributed by atoms with van der Waals surface area (Å²) in [5.74, 6) is 2.00. The molecule has 0 aromatic carbocycles. The molecule has 2 saturated carbocycles. The Morgan fingerprint density at radius 3 is 2.28 bits per heavy atom. The van der Waals surface area contributed by atoms with Crippen LogP contribution in [-0.2, 0) is 9.59 Å². The average molecular weight is 447 g/mol. The van der Waals surface area contributed by atoms with Crippen LogP contribution in [0.25, 0.3) is 0 Å². The molecule has 3 aliphatic rings. The Balaban J connectivity index is 1.82. The smallest absolute Gasteiger partial charge is 0.303 e. The van der Waals surface area contributed by atoms with E-state index in [1.807, 2.05) is 0 Å². The van der Waals surface area contributed by atoms with Crippen molar-refractivity contribution >= 4 is 11.9 Å². The van der Waals surface area contributed by atoms with E-state index in [-0.39, 0.29) is 24.7 Å². The third-order valence-corrected chi connectivity index (χ3v) is 10.4. The SMILES string of the molecule is CC(C)[C@@H](C)CC[C@@H](C)[C@H]1CC[C@@H]2C3=CC[C@@H](CC(=O)O)[C@@](C)(CC(=O)O)[C@@H]3CC[C@@]21C. The Hall–Kier alpha value is -1.32. The molecule has 32 heavy (non-hydrogen) atoms. The van der Waals surface area contributed by atoms with Crippen LogP contribution >= 0.6 is 0 Å². The van der Waals surface area contributed by atoms with E-state index < -0.39 is 17.4 Å². The van der Waals surface area contributed by atoms with E-state index in [1.165, 1.54) is 31.3 Å². The summed E-state index contributed by atoms with van der Waals surface area (Å²) in [5, 5.41) is 19.2. The fourth-order valence-electron chi connectivity index (χ4n) is 7.98. The monoisotopic (exact) mass is 446 g/mol. The maximum atomic E-state index is 11.8. The van der Waals surface area contributed by atoms with E-state index >= 15 is 0 Å². The van der Waals surface area contributed by atoms with Crippen LogP contribution in [0, 0.1) is 52.3 Å². The second-order valence-corrected chi connectivity index (χ2v) is 12.4. The van der Waals surface area contributed by atoms with Gasteiger partial charge in [-0.2, -0.15) is 0 Å². The Bertz CT molecular complexity index is 740. The number of carbonyl (C=O) groups is 2. The fourth-order valence-corrected chi connectivity index (χ4v) is 7.98. The summed E-state index contributed by atoms with van der Waals surface area (Å²) in [6, 6.07) is 0. The zero-order chi connectivity index (χ0) is 23.8. The maximum absolute atomic E-state index is 11.8. The molecule has 182 valence electrons. The van der Waals surface area contributed by atoms with Crippen LogP contribution in [0.2, 0.25) is 0 Å². The molecular weight excluding hydrogens is 400 g/mol. The molecular formula is C28H46O4. The van der Waals surface area contributed by atoms with Crippen molar-refractivity contribution in [3.05, 3.63) is 11.6 Å². The lowest BCUT2D eigenvalue weighted by molar-refractivity contribution is -0.146. The number of fused-ring (bicyclic) bond motifs is 3. The minimum absolute atomic E-state index is 0.0691. The van der Waals surface area contributed by atoms with Gasteiger partial charge in [0.15, 0.2) is 0 Å².